The predicted octanol–water partition coefficient (Wildman–Crippen LogP) is 3.24. The number of amides is 2. The van der Waals surface area contributed by atoms with Gasteiger partial charge in [0.25, 0.3) is 5.92 Å². The van der Waals surface area contributed by atoms with Crippen molar-refractivity contribution in [2.75, 3.05) is 19.7 Å². The van der Waals surface area contributed by atoms with E-state index >= 15 is 0 Å². The number of alkyl carbamates (subject to hydrolysis) is 1. The van der Waals surface area contributed by atoms with Crippen LogP contribution in [0.2, 0.25) is 0 Å². The van der Waals surface area contributed by atoms with Gasteiger partial charge < -0.3 is 20.5 Å². The summed E-state index contributed by atoms with van der Waals surface area (Å²) in [6, 6.07) is 15.9. The Morgan fingerprint density at radius 3 is 2.15 bits per heavy atom. The lowest BCUT2D eigenvalue weighted by Crippen LogP contribution is -2.39. The Morgan fingerprint density at radius 2 is 1.61 bits per heavy atom. The highest BCUT2D eigenvalue weighted by molar-refractivity contribution is 5.81. The van der Waals surface area contributed by atoms with E-state index in [4.69, 9.17) is 9.84 Å². The fraction of sp³-hybridized carbons (Fsp3) is 0.375. The van der Waals surface area contributed by atoms with Crippen LogP contribution in [-0.2, 0) is 14.3 Å². The molecule has 3 N–H and O–H groups in total. The molecule has 174 valence electrons. The highest BCUT2D eigenvalue weighted by Crippen LogP contribution is 2.54. The summed E-state index contributed by atoms with van der Waals surface area (Å²) >= 11 is 0. The van der Waals surface area contributed by atoms with Gasteiger partial charge in [0.05, 0.1) is 11.8 Å². The summed E-state index contributed by atoms with van der Waals surface area (Å²) in [5.41, 5.74) is 4.38. The van der Waals surface area contributed by atoms with Crippen molar-refractivity contribution < 1.29 is 33.0 Å². The van der Waals surface area contributed by atoms with Crippen molar-refractivity contribution in [1.29, 1.82) is 0 Å². The van der Waals surface area contributed by atoms with Gasteiger partial charge in [0.2, 0.25) is 5.91 Å². The molecular formula is C24H24F2N2O5. The molecule has 2 aliphatic carbocycles. The van der Waals surface area contributed by atoms with Crippen molar-refractivity contribution >= 4 is 18.0 Å². The average Bonchev–Trinajstić information content (AvgIpc) is 3.21. The molecule has 33 heavy (non-hydrogen) atoms. The molecule has 7 nitrogen and oxygen atoms in total. The van der Waals surface area contributed by atoms with E-state index in [-0.39, 0.29) is 19.1 Å². The number of benzene rings is 2. The molecule has 9 heteroatoms. The number of carbonyl (C=O) groups is 3. The lowest BCUT2D eigenvalue weighted by molar-refractivity contribution is -0.141. The Labute approximate surface area is 189 Å². The van der Waals surface area contributed by atoms with Crippen molar-refractivity contribution in [2.24, 2.45) is 17.8 Å². The molecule has 1 saturated carbocycles. The van der Waals surface area contributed by atoms with Crippen LogP contribution in [0.25, 0.3) is 11.1 Å². The zero-order valence-corrected chi connectivity index (χ0v) is 17.9. The first-order chi connectivity index (χ1) is 15.7. The Bertz CT molecular complexity index is 1040. The zero-order valence-electron chi connectivity index (χ0n) is 17.9. The molecule has 3 atom stereocenters. The van der Waals surface area contributed by atoms with Crippen molar-refractivity contribution in [3.63, 3.8) is 0 Å². The van der Waals surface area contributed by atoms with Gasteiger partial charge in [-0.25, -0.2) is 13.6 Å². The third kappa shape index (κ3) is 4.40. The summed E-state index contributed by atoms with van der Waals surface area (Å²) in [4.78, 5) is 35.1. The van der Waals surface area contributed by atoms with Crippen LogP contribution in [-0.4, -0.2) is 48.7 Å². The van der Waals surface area contributed by atoms with E-state index in [1.54, 1.807) is 0 Å². The number of halogens is 2. The van der Waals surface area contributed by atoms with E-state index in [1.165, 1.54) is 6.92 Å². The lowest BCUT2D eigenvalue weighted by atomic mass is 9.98. The number of aliphatic carboxylic acids is 1. The maximum atomic E-state index is 13.4. The number of alkyl halides is 2. The molecule has 4 rings (SSSR count). The molecule has 0 aliphatic heterocycles. The van der Waals surface area contributed by atoms with E-state index < -0.39 is 48.2 Å². The molecule has 1 fully saturated rings. The molecule has 2 aromatic carbocycles. The first kappa shape index (κ1) is 22.7. The summed E-state index contributed by atoms with van der Waals surface area (Å²) in [7, 11) is 0. The molecule has 2 aliphatic rings. The highest BCUT2D eigenvalue weighted by atomic mass is 19.3. The lowest BCUT2D eigenvalue weighted by Gasteiger charge is -2.16. The van der Waals surface area contributed by atoms with Gasteiger partial charge in [-0.15, -0.1) is 0 Å². The molecule has 0 bridgehead atoms. The monoisotopic (exact) mass is 458 g/mol. The number of nitrogens with one attached hydrogen (secondary N) is 2. The minimum Gasteiger partial charge on any atom is -0.481 e. The third-order valence-corrected chi connectivity index (χ3v) is 6.31. The van der Waals surface area contributed by atoms with Crippen molar-refractivity contribution in [3.8, 4) is 11.1 Å². The van der Waals surface area contributed by atoms with Crippen LogP contribution < -0.4 is 10.6 Å². The fourth-order valence-corrected chi connectivity index (χ4v) is 4.34. The summed E-state index contributed by atoms with van der Waals surface area (Å²) in [6.07, 6.45) is -0.684. The quantitative estimate of drug-likeness (QED) is 0.563. The standard InChI is InChI=1S/C24H24F2N2O5/c1-13(21(29)27-11-19-20(22(30)31)24(19,25)26)10-28-23(32)33-12-18-16-8-4-2-6-14(16)15-7-3-5-9-17(15)18/h2-9,13,18-20H,10-12H2,1H3,(H,27,29)(H,28,32)(H,30,31)/t13?,19-,20-/m1/s1. The first-order valence-corrected chi connectivity index (χ1v) is 10.7. The van der Waals surface area contributed by atoms with Gasteiger partial charge in [-0.3, -0.25) is 9.59 Å². The number of fused-ring (bicyclic) bond motifs is 3. The Balaban J connectivity index is 1.24. The molecule has 0 radical (unpaired) electrons. The minimum atomic E-state index is -3.32. The van der Waals surface area contributed by atoms with Crippen LogP contribution in [0, 0.1) is 17.8 Å². The van der Waals surface area contributed by atoms with Crippen LogP contribution in [0.1, 0.15) is 24.0 Å². The zero-order chi connectivity index (χ0) is 23.8. The summed E-state index contributed by atoms with van der Waals surface area (Å²) in [6.45, 7) is 1.18. The number of rotatable bonds is 8. The average molecular weight is 458 g/mol. The van der Waals surface area contributed by atoms with Gasteiger partial charge in [-0.1, -0.05) is 55.5 Å². The molecule has 2 amide bonds. The fourth-order valence-electron chi connectivity index (χ4n) is 4.34. The topological polar surface area (TPSA) is 105 Å². The molecular weight excluding hydrogens is 434 g/mol. The van der Waals surface area contributed by atoms with Gasteiger partial charge in [0, 0.05) is 19.0 Å². The van der Waals surface area contributed by atoms with Crippen LogP contribution >= 0.6 is 0 Å². The van der Waals surface area contributed by atoms with Crippen molar-refractivity contribution in [2.45, 2.75) is 18.8 Å². The predicted molar refractivity (Wildman–Crippen MR) is 115 cm³/mol. The molecule has 2 aromatic rings. The Hall–Kier alpha value is -3.49. The Morgan fingerprint density at radius 1 is 1.03 bits per heavy atom. The summed E-state index contributed by atoms with van der Waals surface area (Å²) in [5, 5.41) is 13.6. The van der Waals surface area contributed by atoms with Crippen LogP contribution in [0.15, 0.2) is 48.5 Å². The van der Waals surface area contributed by atoms with Crippen LogP contribution in [0.3, 0.4) is 0 Å². The third-order valence-electron chi connectivity index (χ3n) is 6.31. The Kier molecular flexibility index (Phi) is 6.05. The minimum absolute atomic E-state index is 0.0497. The molecule has 1 unspecified atom stereocenters. The number of ether oxygens (including phenoxy) is 1. The van der Waals surface area contributed by atoms with Gasteiger partial charge in [-0.2, -0.15) is 0 Å². The smallest absolute Gasteiger partial charge is 0.407 e. The summed E-state index contributed by atoms with van der Waals surface area (Å²) in [5.74, 6) is -9.44. The van der Waals surface area contributed by atoms with Gasteiger partial charge in [0.1, 0.15) is 12.5 Å². The second-order valence-corrected chi connectivity index (χ2v) is 8.45. The van der Waals surface area contributed by atoms with Crippen LogP contribution in [0.4, 0.5) is 13.6 Å². The van der Waals surface area contributed by atoms with Gasteiger partial charge in [-0.05, 0) is 22.3 Å². The van der Waals surface area contributed by atoms with E-state index in [0.717, 1.165) is 22.3 Å². The normalized spacial score (nSPS) is 20.8. The second-order valence-electron chi connectivity index (χ2n) is 8.45. The van der Waals surface area contributed by atoms with E-state index in [0.29, 0.717) is 0 Å². The maximum absolute atomic E-state index is 13.4. The van der Waals surface area contributed by atoms with Crippen molar-refractivity contribution in [3.05, 3.63) is 59.7 Å². The van der Waals surface area contributed by atoms with Crippen molar-refractivity contribution in [1.82, 2.24) is 10.6 Å². The molecule has 0 aromatic heterocycles. The van der Waals surface area contributed by atoms with E-state index in [2.05, 4.69) is 10.6 Å². The number of carboxylic acid groups (broad SMARTS) is 1. The second kappa shape index (κ2) is 8.80. The number of hydrogen-bond acceptors (Lipinski definition) is 4. The van der Waals surface area contributed by atoms with E-state index in [9.17, 15) is 23.2 Å². The molecule has 0 saturated heterocycles. The van der Waals surface area contributed by atoms with E-state index in [1.807, 2.05) is 48.5 Å². The van der Waals surface area contributed by atoms with Crippen LogP contribution in [0.5, 0.6) is 0 Å². The largest absolute Gasteiger partial charge is 0.481 e. The van der Waals surface area contributed by atoms with Gasteiger partial charge in [0.15, 0.2) is 0 Å². The highest BCUT2D eigenvalue weighted by Gasteiger charge is 2.72. The SMILES string of the molecule is CC(CNC(=O)OCC1c2ccccc2-c2ccccc21)C(=O)NC[C@@H]1[C@H](C(=O)O)C1(F)F. The molecule has 0 spiro atoms. The maximum Gasteiger partial charge on any atom is 0.407 e. The summed E-state index contributed by atoms with van der Waals surface area (Å²) < 4.78 is 32.2. The van der Waals surface area contributed by atoms with Gasteiger partial charge >= 0.3 is 12.1 Å². The number of hydrogen-bond donors (Lipinski definition) is 3. The first-order valence-electron chi connectivity index (χ1n) is 10.7. The molecule has 0 heterocycles. The number of carbonyl (C=O) groups excluding carboxylic acids is 2. The number of carboxylic acids is 1.